The Kier molecular flexibility index (Phi) is 3.87. The van der Waals surface area contributed by atoms with Crippen molar-refractivity contribution in [2.45, 2.75) is 50.6 Å². The second-order valence-corrected chi connectivity index (χ2v) is 8.62. The summed E-state index contributed by atoms with van der Waals surface area (Å²) in [5, 5.41) is 3.65. The first-order valence-corrected chi connectivity index (χ1v) is 9.37. The molecule has 110 valence electrons. The lowest BCUT2D eigenvalue weighted by atomic mass is 9.74. The Bertz CT molecular complexity index is 562. The van der Waals surface area contributed by atoms with E-state index >= 15 is 0 Å². The van der Waals surface area contributed by atoms with Crippen LogP contribution in [0.1, 0.15) is 42.7 Å². The molecule has 1 aliphatic heterocycles. The van der Waals surface area contributed by atoms with Crippen molar-refractivity contribution in [2.75, 3.05) is 11.5 Å². The average Bonchev–Trinajstić information content (AvgIpc) is 2.36. The lowest BCUT2D eigenvalue weighted by Crippen LogP contribution is -2.48. The minimum Gasteiger partial charge on any atom is -0.311 e. The van der Waals surface area contributed by atoms with E-state index in [1.807, 2.05) is 0 Å². The van der Waals surface area contributed by atoms with Crippen LogP contribution >= 0.6 is 0 Å². The molecule has 2 aliphatic rings. The van der Waals surface area contributed by atoms with E-state index in [1.54, 1.807) is 0 Å². The Morgan fingerprint density at radius 2 is 1.70 bits per heavy atom. The van der Waals surface area contributed by atoms with E-state index < -0.39 is 9.84 Å². The second kappa shape index (κ2) is 5.49. The zero-order valence-electron chi connectivity index (χ0n) is 12.0. The molecule has 1 saturated heterocycles. The Hall–Kier alpha value is -0.870. The van der Waals surface area contributed by atoms with Crippen molar-refractivity contribution in [3.8, 4) is 0 Å². The fourth-order valence-corrected chi connectivity index (χ4v) is 4.93. The highest BCUT2D eigenvalue weighted by atomic mass is 32.2. The molecule has 3 rings (SSSR count). The molecule has 0 amide bonds. The molecule has 1 aromatic rings. The van der Waals surface area contributed by atoms with Gasteiger partial charge in [-0.1, -0.05) is 24.3 Å². The second-order valence-electron chi connectivity index (χ2n) is 6.31. The van der Waals surface area contributed by atoms with Crippen LogP contribution in [0, 0.1) is 6.92 Å². The van der Waals surface area contributed by atoms with Crippen LogP contribution in [0.4, 0.5) is 0 Å². The Morgan fingerprint density at radius 1 is 1.05 bits per heavy atom. The quantitative estimate of drug-likeness (QED) is 0.931. The van der Waals surface area contributed by atoms with Gasteiger partial charge in [-0.15, -0.1) is 0 Å². The molecular weight excluding hydrogens is 270 g/mol. The van der Waals surface area contributed by atoms with Crippen LogP contribution in [-0.2, 0) is 9.84 Å². The van der Waals surface area contributed by atoms with Crippen LogP contribution in [0.3, 0.4) is 0 Å². The molecule has 3 nitrogen and oxygen atoms in total. The van der Waals surface area contributed by atoms with Gasteiger partial charge in [0.2, 0.25) is 0 Å². The molecule has 0 spiro atoms. The first-order chi connectivity index (χ1) is 9.53. The van der Waals surface area contributed by atoms with E-state index in [1.165, 1.54) is 24.0 Å². The maximum Gasteiger partial charge on any atom is 0.150 e. The summed E-state index contributed by atoms with van der Waals surface area (Å²) in [6.07, 6.45) is 3.95. The van der Waals surface area contributed by atoms with Crippen molar-refractivity contribution >= 4 is 9.84 Å². The molecule has 0 bridgehead atoms. The number of rotatable bonds is 3. The molecule has 0 atom stereocenters. The topological polar surface area (TPSA) is 46.2 Å². The molecule has 1 aliphatic carbocycles. The SMILES string of the molecule is Cc1ccccc1C1CC(NC2CCS(=O)(=O)CC2)C1. The normalized spacial score (nSPS) is 29.9. The Balaban J connectivity index is 1.48. The van der Waals surface area contributed by atoms with Gasteiger partial charge in [0.25, 0.3) is 0 Å². The zero-order valence-corrected chi connectivity index (χ0v) is 12.8. The first-order valence-electron chi connectivity index (χ1n) is 7.55. The largest absolute Gasteiger partial charge is 0.311 e. The van der Waals surface area contributed by atoms with Crippen LogP contribution in [0.2, 0.25) is 0 Å². The fourth-order valence-electron chi connectivity index (χ4n) is 3.44. The van der Waals surface area contributed by atoms with E-state index in [2.05, 4.69) is 36.5 Å². The lowest BCUT2D eigenvalue weighted by Gasteiger charge is -2.40. The summed E-state index contributed by atoms with van der Waals surface area (Å²) in [7, 11) is -2.74. The van der Waals surface area contributed by atoms with Gasteiger partial charge in [0.05, 0.1) is 11.5 Å². The van der Waals surface area contributed by atoms with Gasteiger partial charge < -0.3 is 5.32 Å². The summed E-state index contributed by atoms with van der Waals surface area (Å²) >= 11 is 0. The molecule has 1 saturated carbocycles. The van der Waals surface area contributed by atoms with Gasteiger partial charge in [-0.05, 0) is 49.7 Å². The number of hydrogen-bond donors (Lipinski definition) is 1. The average molecular weight is 293 g/mol. The molecule has 1 N–H and O–H groups in total. The van der Waals surface area contributed by atoms with Crippen molar-refractivity contribution in [1.29, 1.82) is 0 Å². The van der Waals surface area contributed by atoms with Gasteiger partial charge in [-0.2, -0.15) is 0 Å². The summed E-state index contributed by atoms with van der Waals surface area (Å²) in [6, 6.07) is 9.61. The third kappa shape index (κ3) is 3.07. The summed E-state index contributed by atoms with van der Waals surface area (Å²) in [6.45, 7) is 2.18. The number of sulfone groups is 1. The van der Waals surface area contributed by atoms with E-state index in [9.17, 15) is 8.42 Å². The van der Waals surface area contributed by atoms with Crippen molar-refractivity contribution in [3.63, 3.8) is 0 Å². The minimum atomic E-state index is -2.74. The lowest BCUT2D eigenvalue weighted by molar-refractivity contribution is 0.256. The molecule has 0 radical (unpaired) electrons. The highest BCUT2D eigenvalue weighted by Gasteiger charge is 2.33. The Morgan fingerprint density at radius 3 is 2.35 bits per heavy atom. The summed E-state index contributed by atoms with van der Waals surface area (Å²) in [4.78, 5) is 0. The van der Waals surface area contributed by atoms with E-state index in [0.717, 1.165) is 12.8 Å². The van der Waals surface area contributed by atoms with Crippen LogP contribution < -0.4 is 5.32 Å². The van der Waals surface area contributed by atoms with Gasteiger partial charge in [0, 0.05) is 12.1 Å². The summed E-state index contributed by atoms with van der Waals surface area (Å²) in [5.74, 6) is 1.40. The molecule has 1 heterocycles. The smallest absolute Gasteiger partial charge is 0.150 e. The number of hydrogen-bond acceptors (Lipinski definition) is 3. The predicted molar refractivity (Wildman–Crippen MR) is 81.8 cm³/mol. The molecular formula is C16H23NO2S. The third-order valence-electron chi connectivity index (χ3n) is 4.79. The summed E-state index contributed by atoms with van der Waals surface area (Å²) in [5.41, 5.74) is 2.87. The van der Waals surface area contributed by atoms with E-state index in [4.69, 9.17) is 0 Å². The molecule has 4 heteroatoms. The van der Waals surface area contributed by atoms with Crippen LogP contribution in [0.15, 0.2) is 24.3 Å². The fraction of sp³-hybridized carbons (Fsp3) is 0.625. The van der Waals surface area contributed by atoms with Crippen molar-refractivity contribution < 1.29 is 8.42 Å². The molecule has 0 unspecified atom stereocenters. The molecule has 2 fully saturated rings. The molecule has 0 aromatic heterocycles. The minimum absolute atomic E-state index is 0.360. The number of benzene rings is 1. The first kappa shape index (κ1) is 14.1. The van der Waals surface area contributed by atoms with Gasteiger partial charge in [-0.25, -0.2) is 8.42 Å². The monoisotopic (exact) mass is 293 g/mol. The van der Waals surface area contributed by atoms with Crippen LogP contribution in [-0.4, -0.2) is 32.0 Å². The van der Waals surface area contributed by atoms with Crippen LogP contribution in [0.25, 0.3) is 0 Å². The molecule has 1 aromatic carbocycles. The Labute approximate surface area is 121 Å². The highest BCUT2D eigenvalue weighted by Crippen LogP contribution is 2.38. The van der Waals surface area contributed by atoms with Crippen LogP contribution in [0.5, 0.6) is 0 Å². The predicted octanol–water partition coefficient (Wildman–Crippen LogP) is 2.41. The van der Waals surface area contributed by atoms with Gasteiger partial charge >= 0.3 is 0 Å². The highest BCUT2D eigenvalue weighted by molar-refractivity contribution is 7.91. The molecule has 20 heavy (non-hydrogen) atoms. The van der Waals surface area contributed by atoms with Gasteiger partial charge in [0.15, 0.2) is 0 Å². The summed E-state index contributed by atoms with van der Waals surface area (Å²) < 4.78 is 22.8. The third-order valence-corrected chi connectivity index (χ3v) is 6.51. The standard InChI is InChI=1S/C16H23NO2S/c1-12-4-2-3-5-16(12)13-10-15(11-13)17-14-6-8-20(18,19)9-7-14/h2-5,13-15,17H,6-11H2,1H3. The maximum atomic E-state index is 11.4. The number of aryl methyl sites for hydroxylation is 1. The van der Waals surface area contributed by atoms with Crippen molar-refractivity contribution in [2.24, 2.45) is 0 Å². The van der Waals surface area contributed by atoms with E-state index in [-0.39, 0.29) is 0 Å². The van der Waals surface area contributed by atoms with Gasteiger partial charge in [0.1, 0.15) is 9.84 Å². The number of nitrogens with one attached hydrogen (secondary N) is 1. The van der Waals surface area contributed by atoms with E-state index in [0.29, 0.717) is 29.5 Å². The zero-order chi connectivity index (χ0) is 14.2. The van der Waals surface area contributed by atoms with Gasteiger partial charge in [-0.3, -0.25) is 0 Å². The maximum absolute atomic E-state index is 11.4. The van der Waals surface area contributed by atoms with Crippen molar-refractivity contribution in [3.05, 3.63) is 35.4 Å². The van der Waals surface area contributed by atoms with Crippen molar-refractivity contribution in [1.82, 2.24) is 5.32 Å².